The zero-order valence-corrected chi connectivity index (χ0v) is 11.2. The fourth-order valence-electron chi connectivity index (χ4n) is 1.95. The van der Waals surface area contributed by atoms with E-state index < -0.39 is 0 Å². The third-order valence-electron chi connectivity index (χ3n) is 2.95. The first-order valence-corrected chi connectivity index (χ1v) is 6.93. The van der Waals surface area contributed by atoms with Crippen molar-refractivity contribution < 1.29 is 0 Å². The van der Waals surface area contributed by atoms with Crippen molar-refractivity contribution in [2.75, 3.05) is 0 Å². The van der Waals surface area contributed by atoms with Gasteiger partial charge in [-0.05, 0) is 5.56 Å². The van der Waals surface area contributed by atoms with Crippen molar-refractivity contribution in [2.45, 2.75) is 19.8 Å². The van der Waals surface area contributed by atoms with Gasteiger partial charge >= 0.3 is 0 Å². The summed E-state index contributed by atoms with van der Waals surface area (Å²) in [6, 6.07) is 10.4. The molecule has 3 rings (SSSR count). The number of hydrogen-bond donors (Lipinski definition) is 0. The third-order valence-corrected chi connectivity index (χ3v) is 3.84. The quantitative estimate of drug-likeness (QED) is 0.673. The Morgan fingerprint density at radius 2 is 1.89 bits per heavy atom. The fraction of sp³-hybridized carbons (Fsp3) is 0.200. The van der Waals surface area contributed by atoms with E-state index in [1.807, 2.05) is 12.3 Å². The van der Waals surface area contributed by atoms with Crippen LogP contribution in [0.15, 0.2) is 41.9 Å². The Kier molecular flexibility index (Phi) is 2.84. The van der Waals surface area contributed by atoms with Gasteiger partial charge in [0.15, 0.2) is 0 Å². The molecule has 2 heterocycles. The van der Waals surface area contributed by atoms with Crippen molar-refractivity contribution in [2.24, 2.45) is 0 Å². The average molecular weight is 254 g/mol. The van der Waals surface area contributed by atoms with Gasteiger partial charge in [-0.1, -0.05) is 44.2 Å². The molecular weight excluding hydrogens is 240 g/mol. The van der Waals surface area contributed by atoms with Crippen LogP contribution in [0.1, 0.15) is 25.6 Å². The summed E-state index contributed by atoms with van der Waals surface area (Å²) in [6.07, 6.45) is 1.95. The molecule has 2 aromatic heterocycles. The smallest absolute Gasteiger partial charge is 0.132 e. The van der Waals surface area contributed by atoms with Gasteiger partial charge in [0.05, 0.1) is 0 Å². The summed E-state index contributed by atoms with van der Waals surface area (Å²) in [4.78, 5) is 10.2. The zero-order chi connectivity index (χ0) is 12.5. The number of nitrogens with zero attached hydrogens (tertiary/aromatic N) is 2. The van der Waals surface area contributed by atoms with E-state index in [1.165, 1.54) is 11.1 Å². The first-order chi connectivity index (χ1) is 8.75. The lowest BCUT2D eigenvalue weighted by molar-refractivity contribution is 0.784. The number of benzene rings is 1. The second-order valence-corrected chi connectivity index (χ2v) is 5.48. The molecule has 0 saturated carbocycles. The van der Waals surface area contributed by atoms with Crippen molar-refractivity contribution in [3.05, 3.63) is 47.7 Å². The van der Waals surface area contributed by atoms with Gasteiger partial charge in [-0.25, -0.2) is 9.97 Å². The predicted molar refractivity (Wildman–Crippen MR) is 76.9 cm³/mol. The van der Waals surface area contributed by atoms with Crippen molar-refractivity contribution in [1.29, 1.82) is 0 Å². The first-order valence-electron chi connectivity index (χ1n) is 6.05. The molecule has 0 radical (unpaired) electrons. The van der Waals surface area contributed by atoms with Crippen LogP contribution in [0.25, 0.3) is 21.3 Å². The van der Waals surface area contributed by atoms with E-state index in [0.29, 0.717) is 5.92 Å². The number of aromatic nitrogens is 2. The summed E-state index contributed by atoms with van der Waals surface area (Å²) in [7, 11) is 0. The normalized spacial score (nSPS) is 11.3. The first kappa shape index (κ1) is 11.4. The molecule has 0 fully saturated rings. The lowest BCUT2D eigenvalue weighted by Crippen LogP contribution is -1.95. The van der Waals surface area contributed by atoms with Crippen LogP contribution >= 0.6 is 11.3 Å². The average Bonchev–Trinajstić information content (AvgIpc) is 2.82. The Bertz CT molecular complexity index is 671. The molecule has 0 aliphatic heterocycles. The molecule has 3 aromatic rings. The molecular formula is C15H14N2S. The molecule has 1 aromatic carbocycles. The highest BCUT2D eigenvalue weighted by Gasteiger charge is 2.10. The maximum atomic E-state index is 4.63. The molecule has 0 amide bonds. The van der Waals surface area contributed by atoms with Gasteiger partial charge in [0.25, 0.3) is 0 Å². The molecule has 0 unspecified atom stereocenters. The molecule has 0 spiro atoms. The fourth-order valence-corrected chi connectivity index (χ4v) is 2.88. The maximum absolute atomic E-state index is 4.63. The Hall–Kier alpha value is -1.74. The van der Waals surface area contributed by atoms with E-state index >= 15 is 0 Å². The van der Waals surface area contributed by atoms with Crippen molar-refractivity contribution in [1.82, 2.24) is 9.97 Å². The van der Waals surface area contributed by atoms with Crippen molar-refractivity contribution >= 4 is 21.6 Å². The van der Waals surface area contributed by atoms with Crippen LogP contribution in [0, 0.1) is 0 Å². The summed E-state index contributed by atoms with van der Waals surface area (Å²) in [6.45, 7) is 4.24. The molecule has 0 bridgehead atoms. The van der Waals surface area contributed by atoms with Gasteiger partial charge in [-0.15, -0.1) is 11.3 Å². The lowest BCUT2D eigenvalue weighted by atomic mass is 10.1. The monoisotopic (exact) mass is 254 g/mol. The third kappa shape index (κ3) is 1.91. The Morgan fingerprint density at radius 3 is 2.61 bits per heavy atom. The summed E-state index contributed by atoms with van der Waals surface area (Å²) >= 11 is 1.69. The molecule has 90 valence electrons. The topological polar surface area (TPSA) is 25.8 Å². The maximum Gasteiger partial charge on any atom is 0.132 e. The molecule has 0 N–H and O–H groups in total. The van der Waals surface area contributed by atoms with Gasteiger partial charge in [0.2, 0.25) is 0 Å². The van der Waals surface area contributed by atoms with Crippen LogP contribution in [-0.4, -0.2) is 9.97 Å². The van der Waals surface area contributed by atoms with E-state index in [0.717, 1.165) is 16.0 Å². The summed E-state index contributed by atoms with van der Waals surface area (Å²) in [5.41, 5.74) is 2.45. The highest BCUT2D eigenvalue weighted by atomic mass is 32.1. The number of fused-ring (bicyclic) bond motifs is 1. The number of rotatable bonds is 2. The Balaban J connectivity index is 2.16. The second-order valence-electron chi connectivity index (χ2n) is 4.62. The standard InChI is InChI=1S/C15H14N2S/c1-10(2)14-16-8-12-13(9-18-15(12)17-14)11-6-4-3-5-7-11/h3-10H,1-2H3. The Labute approximate surface area is 110 Å². The van der Waals surface area contributed by atoms with Crippen LogP contribution in [0.2, 0.25) is 0 Å². The summed E-state index contributed by atoms with van der Waals surface area (Å²) < 4.78 is 0. The minimum Gasteiger partial charge on any atom is -0.240 e. The minimum atomic E-state index is 0.372. The van der Waals surface area contributed by atoms with E-state index in [-0.39, 0.29) is 0 Å². The lowest BCUT2D eigenvalue weighted by Gasteiger charge is -2.03. The SMILES string of the molecule is CC(C)c1ncc2c(-c3ccccc3)csc2n1. The molecule has 0 atom stereocenters. The molecule has 0 aliphatic carbocycles. The van der Waals surface area contributed by atoms with Crippen molar-refractivity contribution in [3.63, 3.8) is 0 Å². The largest absolute Gasteiger partial charge is 0.240 e. The minimum absolute atomic E-state index is 0.372. The van der Waals surface area contributed by atoms with Crippen LogP contribution in [0.5, 0.6) is 0 Å². The van der Waals surface area contributed by atoms with Crippen molar-refractivity contribution in [3.8, 4) is 11.1 Å². The van der Waals surface area contributed by atoms with E-state index in [4.69, 9.17) is 0 Å². The zero-order valence-electron chi connectivity index (χ0n) is 10.4. The van der Waals surface area contributed by atoms with Crippen LogP contribution < -0.4 is 0 Å². The van der Waals surface area contributed by atoms with Gasteiger partial charge in [0.1, 0.15) is 10.7 Å². The second kappa shape index (κ2) is 4.50. The van der Waals surface area contributed by atoms with Gasteiger partial charge < -0.3 is 0 Å². The highest BCUT2D eigenvalue weighted by molar-refractivity contribution is 7.17. The highest BCUT2D eigenvalue weighted by Crippen LogP contribution is 2.32. The molecule has 0 aliphatic rings. The Morgan fingerprint density at radius 1 is 1.11 bits per heavy atom. The molecule has 18 heavy (non-hydrogen) atoms. The molecule has 2 nitrogen and oxygen atoms in total. The number of thiophene rings is 1. The van der Waals surface area contributed by atoms with E-state index in [1.54, 1.807) is 11.3 Å². The summed E-state index contributed by atoms with van der Waals surface area (Å²) in [5, 5.41) is 3.31. The van der Waals surface area contributed by atoms with Crippen LogP contribution in [-0.2, 0) is 0 Å². The number of hydrogen-bond acceptors (Lipinski definition) is 3. The van der Waals surface area contributed by atoms with Gasteiger partial charge in [0, 0.05) is 28.4 Å². The van der Waals surface area contributed by atoms with E-state index in [2.05, 4.69) is 53.5 Å². The molecule has 3 heteroatoms. The van der Waals surface area contributed by atoms with Crippen LogP contribution in [0.3, 0.4) is 0 Å². The van der Waals surface area contributed by atoms with Gasteiger partial charge in [-0.3, -0.25) is 0 Å². The molecule has 0 saturated heterocycles. The summed E-state index contributed by atoms with van der Waals surface area (Å²) in [5.74, 6) is 1.29. The van der Waals surface area contributed by atoms with Crippen LogP contribution in [0.4, 0.5) is 0 Å². The predicted octanol–water partition coefficient (Wildman–Crippen LogP) is 4.48. The van der Waals surface area contributed by atoms with E-state index in [9.17, 15) is 0 Å². The van der Waals surface area contributed by atoms with Gasteiger partial charge in [-0.2, -0.15) is 0 Å².